The molecule has 2 heterocycles. The third-order valence-corrected chi connectivity index (χ3v) is 6.96. The molecule has 0 radical (unpaired) electrons. The van der Waals surface area contributed by atoms with Crippen LogP contribution >= 0.6 is 0 Å². The summed E-state index contributed by atoms with van der Waals surface area (Å²) in [4.78, 5) is 39.2. The first-order valence-electron chi connectivity index (χ1n) is 13.2. The van der Waals surface area contributed by atoms with Gasteiger partial charge in [0, 0.05) is 48.4 Å². The van der Waals surface area contributed by atoms with Crippen molar-refractivity contribution in [2.75, 3.05) is 18.8 Å². The van der Waals surface area contributed by atoms with Crippen LogP contribution in [0.3, 0.4) is 0 Å². The van der Waals surface area contributed by atoms with Crippen molar-refractivity contribution < 1.29 is 14.4 Å². The second-order valence-electron chi connectivity index (χ2n) is 9.89. The number of fused-ring (bicyclic) bond motifs is 2. The highest BCUT2D eigenvalue weighted by Gasteiger charge is 2.25. The SMILES string of the molecule is CCCN(OCc1ccc(N)cc1)C(=O)C1=Cc2ccc(C(=O)N3CCc4ccccc4C3)cc2N=C(N)C1. The fraction of sp³-hybridized carbons (Fsp3) is 0.258. The molecule has 2 amide bonds. The number of hydrogen-bond donors (Lipinski definition) is 2. The van der Waals surface area contributed by atoms with Crippen LogP contribution in [0.1, 0.15) is 52.4 Å². The fourth-order valence-corrected chi connectivity index (χ4v) is 4.87. The minimum Gasteiger partial charge on any atom is -0.399 e. The standard InChI is InChI=1S/C31H33N5O3/c1-2-14-36(39-20-21-7-11-27(32)12-8-21)31(38)26-16-23-9-10-24(17-28(23)34-29(33)18-26)30(37)35-15-13-22-5-3-4-6-25(22)19-35/h3-12,16-17H,2,13-15,18-20,32H2,1H3,(H2,33,34). The van der Waals surface area contributed by atoms with E-state index >= 15 is 0 Å². The Morgan fingerprint density at radius 1 is 1.03 bits per heavy atom. The van der Waals surface area contributed by atoms with E-state index in [0.29, 0.717) is 48.0 Å². The first kappa shape index (κ1) is 26.2. The van der Waals surface area contributed by atoms with Gasteiger partial charge in [-0.3, -0.25) is 14.4 Å². The van der Waals surface area contributed by atoms with Gasteiger partial charge in [-0.05, 0) is 59.9 Å². The highest BCUT2D eigenvalue weighted by Crippen LogP contribution is 2.30. The van der Waals surface area contributed by atoms with E-state index in [-0.39, 0.29) is 24.8 Å². The molecule has 5 rings (SSSR count). The smallest absolute Gasteiger partial charge is 0.273 e. The van der Waals surface area contributed by atoms with Gasteiger partial charge in [0.1, 0.15) is 12.4 Å². The molecule has 8 nitrogen and oxygen atoms in total. The lowest BCUT2D eigenvalue weighted by Crippen LogP contribution is -2.35. The summed E-state index contributed by atoms with van der Waals surface area (Å²) in [5, 5.41) is 1.38. The molecule has 3 aromatic carbocycles. The van der Waals surface area contributed by atoms with Crippen LogP contribution in [0.15, 0.2) is 77.3 Å². The second kappa shape index (κ2) is 11.5. The Hall–Kier alpha value is -4.43. The summed E-state index contributed by atoms with van der Waals surface area (Å²) < 4.78 is 0. The molecule has 0 aliphatic carbocycles. The molecular weight excluding hydrogens is 490 g/mol. The number of benzene rings is 3. The molecule has 0 bridgehead atoms. The summed E-state index contributed by atoms with van der Waals surface area (Å²) in [6, 6.07) is 21.0. The van der Waals surface area contributed by atoms with Crippen LogP contribution in [0.25, 0.3) is 6.08 Å². The number of nitrogens with zero attached hydrogens (tertiary/aromatic N) is 3. The molecular formula is C31H33N5O3. The number of carbonyl (C=O) groups is 2. The quantitative estimate of drug-likeness (QED) is 0.347. The molecule has 0 spiro atoms. The van der Waals surface area contributed by atoms with Gasteiger partial charge < -0.3 is 16.4 Å². The average molecular weight is 524 g/mol. The topological polar surface area (TPSA) is 114 Å². The number of hydroxylamine groups is 2. The van der Waals surface area contributed by atoms with Crippen LogP contribution in [-0.2, 0) is 29.2 Å². The third-order valence-electron chi connectivity index (χ3n) is 6.96. The van der Waals surface area contributed by atoms with Crippen LogP contribution in [0, 0.1) is 0 Å². The minimum absolute atomic E-state index is 0.0456. The molecule has 0 saturated heterocycles. The Morgan fingerprint density at radius 2 is 1.79 bits per heavy atom. The summed E-state index contributed by atoms with van der Waals surface area (Å²) in [7, 11) is 0. The molecule has 0 unspecified atom stereocenters. The van der Waals surface area contributed by atoms with Crippen LogP contribution in [0.4, 0.5) is 11.4 Å². The predicted molar refractivity (Wildman–Crippen MR) is 153 cm³/mol. The molecule has 0 aromatic heterocycles. The van der Waals surface area contributed by atoms with E-state index in [1.807, 2.05) is 42.2 Å². The summed E-state index contributed by atoms with van der Waals surface area (Å²) >= 11 is 0. The number of carbonyl (C=O) groups excluding carboxylic acids is 2. The summed E-state index contributed by atoms with van der Waals surface area (Å²) in [6.07, 6.45) is 3.54. The Morgan fingerprint density at radius 3 is 2.56 bits per heavy atom. The van der Waals surface area contributed by atoms with Crippen LogP contribution < -0.4 is 11.5 Å². The molecule has 2 aliphatic rings. The normalized spacial score (nSPS) is 14.4. The van der Waals surface area contributed by atoms with Gasteiger partial charge in [0.25, 0.3) is 11.8 Å². The lowest BCUT2D eigenvalue weighted by atomic mass is 9.99. The Bertz CT molecular complexity index is 1440. The van der Waals surface area contributed by atoms with Crippen LogP contribution in [-0.4, -0.2) is 40.7 Å². The van der Waals surface area contributed by atoms with Crippen LogP contribution in [0.2, 0.25) is 0 Å². The molecule has 0 fully saturated rings. The minimum atomic E-state index is -0.259. The van der Waals surface area contributed by atoms with Crippen molar-refractivity contribution >= 4 is 35.1 Å². The van der Waals surface area contributed by atoms with E-state index in [1.165, 1.54) is 16.2 Å². The Labute approximate surface area is 228 Å². The number of aliphatic imine (C=N–C) groups is 1. The van der Waals surface area contributed by atoms with Gasteiger partial charge in [-0.1, -0.05) is 49.4 Å². The summed E-state index contributed by atoms with van der Waals surface area (Å²) in [5.74, 6) is 0.000974. The van der Waals surface area contributed by atoms with Crippen molar-refractivity contribution in [2.45, 2.75) is 39.3 Å². The van der Waals surface area contributed by atoms with Crippen molar-refractivity contribution in [1.29, 1.82) is 0 Å². The highest BCUT2D eigenvalue weighted by atomic mass is 16.7. The molecule has 200 valence electrons. The third kappa shape index (κ3) is 6.02. The molecule has 3 aromatic rings. The predicted octanol–water partition coefficient (Wildman–Crippen LogP) is 4.61. The van der Waals surface area contributed by atoms with E-state index < -0.39 is 0 Å². The molecule has 4 N–H and O–H groups in total. The zero-order valence-corrected chi connectivity index (χ0v) is 22.1. The maximum absolute atomic E-state index is 13.5. The number of rotatable bonds is 7. The summed E-state index contributed by atoms with van der Waals surface area (Å²) in [5.41, 5.74) is 18.4. The van der Waals surface area contributed by atoms with E-state index in [2.05, 4.69) is 17.1 Å². The maximum Gasteiger partial charge on any atom is 0.273 e. The van der Waals surface area contributed by atoms with E-state index in [4.69, 9.17) is 16.3 Å². The monoisotopic (exact) mass is 523 g/mol. The Balaban J connectivity index is 1.34. The van der Waals surface area contributed by atoms with Crippen molar-refractivity contribution in [3.05, 3.63) is 100 Å². The Kier molecular flexibility index (Phi) is 7.74. The largest absolute Gasteiger partial charge is 0.399 e. The van der Waals surface area contributed by atoms with Crippen molar-refractivity contribution in [1.82, 2.24) is 9.96 Å². The van der Waals surface area contributed by atoms with Crippen LogP contribution in [0.5, 0.6) is 0 Å². The van der Waals surface area contributed by atoms with Crippen molar-refractivity contribution in [3.63, 3.8) is 0 Å². The van der Waals surface area contributed by atoms with Crippen molar-refractivity contribution in [3.8, 4) is 0 Å². The van der Waals surface area contributed by atoms with Gasteiger partial charge >= 0.3 is 0 Å². The first-order valence-corrected chi connectivity index (χ1v) is 13.2. The highest BCUT2D eigenvalue weighted by molar-refractivity contribution is 6.05. The second-order valence-corrected chi connectivity index (χ2v) is 9.89. The van der Waals surface area contributed by atoms with E-state index in [1.54, 1.807) is 30.3 Å². The lowest BCUT2D eigenvalue weighted by Gasteiger charge is -2.29. The maximum atomic E-state index is 13.5. The number of amidine groups is 1. The number of nitrogens with two attached hydrogens (primary N) is 2. The summed E-state index contributed by atoms with van der Waals surface area (Å²) in [6.45, 7) is 3.91. The lowest BCUT2D eigenvalue weighted by molar-refractivity contribution is -0.187. The number of anilines is 1. The van der Waals surface area contributed by atoms with Gasteiger partial charge in [0.2, 0.25) is 0 Å². The molecule has 0 saturated carbocycles. The zero-order chi connectivity index (χ0) is 27.4. The van der Waals surface area contributed by atoms with Gasteiger partial charge in [0.15, 0.2) is 0 Å². The molecule has 2 aliphatic heterocycles. The van der Waals surface area contributed by atoms with Gasteiger partial charge in [-0.2, -0.15) is 0 Å². The number of hydrogen-bond acceptors (Lipinski definition) is 6. The zero-order valence-electron chi connectivity index (χ0n) is 22.1. The molecule has 39 heavy (non-hydrogen) atoms. The first-order chi connectivity index (χ1) is 18.9. The van der Waals surface area contributed by atoms with Crippen molar-refractivity contribution in [2.24, 2.45) is 10.7 Å². The van der Waals surface area contributed by atoms with E-state index in [0.717, 1.165) is 24.0 Å². The van der Waals surface area contributed by atoms with Gasteiger partial charge in [-0.25, -0.2) is 10.1 Å². The van der Waals surface area contributed by atoms with E-state index in [9.17, 15) is 9.59 Å². The average Bonchev–Trinajstić information content (AvgIpc) is 3.12. The van der Waals surface area contributed by atoms with Gasteiger partial charge in [0.05, 0.1) is 5.69 Å². The molecule has 8 heteroatoms. The number of amides is 2. The molecule has 0 atom stereocenters. The fourth-order valence-electron chi connectivity index (χ4n) is 4.87. The van der Waals surface area contributed by atoms with Gasteiger partial charge in [-0.15, -0.1) is 0 Å². The number of nitrogen functional groups attached to an aromatic ring is 1.